The van der Waals surface area contributed by atoms with E-state index >= 15 is 0 Å². The first-order valence-electron chi connectivity index (χ1n) is 5.32. The van der Waals surface area contributed by atoms with Crippen LogP contribution in [0.15, 0.2) is 65.8 Å². The second kappa shape index (κ2) is 5.51. The van der Waals surface area contributed by atoms with Crippen LogP contribution in [0.5, 0.6) is 0 Å². The minimum absolute atomic E-state index is 0.817. The number of nitrogens with zero attached hydrogens (tertiary/aromatic N) is 1. The molecule has 0 spiro atoms. The minimum atomic E-state index is 0.817. The molecule has 0 heterocycles. The molecule has 0 aliphatic carbocycles. The lowest BCUT2D eigenvalue weighted by atomic mass is 10.0. The Kier molecular flexibility index (Phi) is 3.78. The largest absolute Gasteiger partial charge is 0.271 e. The third-order valence-corrected chi connectivity index (χ3v) is 2.85. The Labute approximate surface area is 107 Å². The van der Waals surface area contributed by atoms with E-state index in [0.29, 0.717) is 0 Å². The van der Waals surface area contributed by atoms with Gasteiger partial charge in [0.05, 0.1) is 0 Å². The molecule has 0 amide bonds. The Hall–Kier alpha value is -1.80. The zero-order chi connectivity index (χ0) is 12.1. The van der Waals surface area contributed by atoms with Crippen LogP contribution in [0.25, 0.3) is 16.0 Å². The van der Waals surface area contributed by atoms with Crippen molar-refractivity contribution >= 4 is 24.3 Å². The van der Waals surface area contributed by atoms with Gasteiger partial charge in [-0.1, -0.05) is 48.5 Å². The van der Waals surface area contributed by atoms with Gasteiger partial charge in [-0.2, -0.15) is 0 Å². The molecule has 0 aromatic heterocycles. The van der Waals surface area contributed by atoms with Crippen molar-refractivity contribution in [3.63, 3.8) is 0 Å². The average Bonchev–Trinajstić information content (AvgIpc) is 2.40. The van der Waals surface area contributed by atoms with Gasteiger partial charge in [0.25, 0.3) is 0 Å². The van der Waals surface area contributed by atoms with E-state index in [1.807, 2.05) is 30.3 Å². The predicted octanol–water partition coefficient (Wildman–Crippen LogP) is 4.28. The van der Waals surface area contributed by atoms with E-state index in [0.717, 1.165) is 10.5 Å². The first kappa shape index (κ1) is 11.7. The van der Waals surface area contributed by atoms with Crippen LogP contribution in [0.2, 0.25) is 0 Å². The van der Waals surface area contributed by atoms with Crippen LogP contribution in [-0.2, 0) is 0 Å². The molecule has 0 saturated heterocycles. The van der Waals surface area contributed by atoms with E-state index < -0.39 is 0 Å². The predicted molar refractivity (Wildman–Crippen MR) is 78.4 cm³/mol. The van der Waals surface area contributed by atoms with Crippen molar-refractivity contribution in [3.8, 4) is 11.1 Å². The molecule has 0 N–H and O–H groups in total. The smallest absolute Gasteiger partial charge is 0.0400 e. The van der Waals surface area contributed by atoms with E-state index in [-0.39, 0.29) is 0 Å². The highest BCUT2D eigenvalue weighted by Crippen LogP contribution is 2.25. The summed E-state index contributed by atoms with van der Waals surface area (Å²) >= 11 is 4.39. The van der Waals surface area contributed by atoms with Crippen molar-refractivity contribution < 1.29 is 0 Å². The summed E-state index contributed by atoms with van der Waals surface area (Å²) in [4.78, 5) is 4.54. The molecule has 17 heavy (non-hydrogen) atoms. The summed E-state index contributed by atoms with van der Waals surface area (Å²) in [5.41, 5.74) is 3.41. The van der Waals surface area contributed by atoms with Crippen molar-refractivity contribution in [2.24, 2.45) is 4.99 Å². The van der Waals surface area contributed by atoms with E-state index in [1.54, 1.807) is 6.20 Å². The third-order valence-electron chi connectivity index (χ3n) is 2.48. The molecule has 0 aliphatic rings. The molecule has 2 rings (SSSR count). The fraction of sp³-hybridized carbons (Fsp3) is 0. The van der Waals surface area contributed by atoms with Gasteiger partial charge < -0.3 is 0 Å². The maximum Gasteiger partial charge on any atom is 0.0400 e. The summed E-state index contributed by atoms with van der Waals surface area (Å²) in [5.74, 6) is 0. The Bertz CT molecular complexity index is 544. The summed E-state index contributed by atoms with van der Waals surface area (Å²) in [6.45, 7) is 3.43. The van der Waals surface area contributed by atoms with Gasteiger partial charge >= 0.3 is 0 Å². The van der Waals surface area contributed by atoms with Crippen molar-refractivity contribution in [1.82, 2.24) is 0 Å². The van der Waals surface area contributed by atoms with Gasteiger partial charge in [-0.3, -0.25) is 4.99 Å². The maximum atomic E-state index is 4.39. The zero-order valence-electron chi connectivity index (χ0n) is 9.38. The SMILES string of the molecule is C=N/C=C(\S)c1cccc(-c2ccccc2)c1. The molecule has 0 aliphatic heterocycles. The lowest BCUT2D eigenvalue weighted by Gasteiger charge is -2.04. The van der Waals surface area contributed by atoms with Crippen LogP contribution in [0, 0.1) is 0 Å². The van der Waals surface area contributed by atoms with E-state index in [2.05, 4.69) is 48.6 Å². The van der Waals surface area contributed by atoms with E-state index in [1.165, 1.54) is 11.1 Å². The first-order chi connectivity index (χ1) is 8.31. The second-order valence-corrected chi connectivity index (χ2v) is 4.13. The highest BCUT2D eigenvalue weighted by Gasteiger charge is 2.00. The normalized spacial score (nSPS) is 11.2. The molecular formula is C15H13NS. The summed E-state index contributed by atoms with van der Waals surface area (Å²) in [6, 6.07) is 18.5. The highest BCUT2D eigenvalue weighted by molar-refractivity contribution is 7.90. The molecule has 0 radical (unpaired) electrons. The van der Waals surface area contributed by atoms with Crippen molar-refractivity contribution in [3.05, 3.63) is 66.4 Å². The third kappa shape index (κ3) is 2.86. The molecule has 0 fully saturated rings. The van der Waals surface area contributed by atoms with E-state index in [9.17, 15) is 0 Å². The number of thiol groups is 1. The van der Waals surface area contributed by atoms with Gasteiger partial charge in [0, 0.05) is 11.1 Å². The Morgan fingerprint density at radius 2 is 1.71 bits per heavy atom. The summed E-state index contributed by atoms with van der Waals surface area (Å²) in [5, 5.41) is 0. The minimum Gasteiger partial charge on any atom is -0.271 e. The van der Waals surface area contributed by atoms with Crippen LogP contribution in [-0.4, -0.2) is 6.72 Å². The monoisotopic (exact) mass is 239 g/mol. The van der Waals surface area contributed by atoms with Gasteiger partial charge in [-0.05, 0) is 29.5 Å². The van der Waals surface area contributed by atoms with Crippen LogP contribution in [0.4, 0.5) is 0 Å². The quantitative estimate of drug-likeness (QED) is 0.606. The lowest BCUT2D eigenvalue weighted by molar-refractivity contribution is 1.57. The summed E-state index contributed by atoms with van der Waals surface area (Å²) < 4.78 is 0. The lowest BCUT2D eigenvalue weighted by Crippen LogP contribution is -1.81. The van der Waals surface area contributed by atoms with Crippen LogP contribution >= 0.6 is 12.6 Å². The van der Waals surface area contributed by atoms with Gasteiger partial charge in [-0.15, -0.1) is 12.6 Å². The van der Waals surface area contributed by atoms with Gasteiger partial charge in [-0.25, -0.2) is 0 Å². The molecule has 0 atom stereocenters. The first-order valence-corrected chi connectivity index (χ1v) is 5.77. The van der Waals surface area contributed by atoms with Crippen molar-refractivity contribution in [2.75, 3.05) is 0 Å². The van der Waals surface area contributed by atoms with E-state index in [4.69, 9.17) is 0 Å². The van der Waals surface area contributed by atoms with Crippen LogP contribution < -0.4 is 0 Å². The molecule has 2 aromatic rings. The number of hydrogen-bond acceptors (Lipinski definition) is 2. The van der Waals surface area contributed by atoms with Gasteiger partial charge in [0.15, 0.2) is 0 Å². The summed E-state index contributed by atoms with van der Waals surface area (Å²) in [7, 11) is 0. The van der Waals surface area contributed by atoms with Crippen LogP contribution in [0.3, 0.4) is 0 Å². The molecule has 84 valence electrons. The van der Waals surface area contributed by atoms with Crippen molar-refractivity contribution in [2.45, 2.75) is 0 Å². The Morgan fingerprint density at radius 1 is 1.00 bits per heavy atom. The molecule has 0 unspecified atom stereocenters. The second-order valence-electron chi connectivity index (χ2n) is 3.64. The molecule has 2 aromatic carbocycles. The van der Waals surface area contributed by atoms with Crippen molar-refractivity contribution in [1.29, 1.82) is 0 Å². The number of hydrogen-bond donors (Lipinski definition) is 1. The topological polar surface area (TPSA) is 12.4 Å². The fourth-order valence-corrected chi connectivity index (χ4v) is 1.87. The zero-order valence-corrected chi connectivity index (χ0v) is 10.3. The van der Waals surface area contributed by atoms with Gasteiger partial charge in [0.1, 0.15) is 0 Å². The molecule has 1 nitrogen and oxygen atoms in total. The Balaban J connectivity index is 2.42. The number of aliphatic imine (C=N–C) groups is 1. The Morgan fingerprint density at radius 3 is 2.41 bits per heavy atom. The maximum absolute atomic E-state index is 4.39. The molecule has 0 bridgehead atoms. The molecule has 2 heteroatoms. The standard InChI is InChI=1S/C15H13NS/c1-16-11-15(17)14-9-5-8-13(10-14)12-6-3-2-4-7-12/h2-11,17H,1H2/b15-11-. The fourth-order valence-electron chi connectivity index (χ4n) is 1.65. The summed E-state index contributed by atoms with van der Waals surface area (Å²) in [6.07, 6.45) is 1.65. The highest BCUT2D eigenvalue weighted by atomic mass is 32.1. The molecule has 0 saturated carbocycles. The molecular weight excluding hydrogens is 226 g/mol. The van der Waals surface area contributed by atoms with Crippen LogP contribution in [0.1, 0.15) is 5.56 Å². The number of benzene rings is 2. The number of rotatable bonds is 3. The average molecular weight is 239 g/mol. The van der Waals surface area contributed by atoms with Gasteiger partial charge in [0.2, 0.25) is 0 Å².